The Hall–Kier alpha value is -3.17. The number of hydrogen-bond donors (Lipinski definition) is 1. The number of aromatic amines is 1. The molecule has 1 amide bonds. The largest absolute Gasteiger partial charge is 0.353 e. The second-order valence-electron chi connectivity index (χ2n) is 11.6. The number of carbonyl (C=O) groups excluding carboxylic acids is 1. The molecule has 6 rings (SSSR count). The molecular weight excluding hydrogens is 512 g/mol. The highest BCUT2D eigenvalue weighted by molar-refractivity contribution is 6.32. The molecule has 2 atom stereocenters. The van der Waals surface area contributed by atoms with E-state index in [2.05, 4.69) is 52.5 Å². The van der Waals surface area contributed by atoms with Gasteiger partial charge in [0.1, 0.15) is 5.82 Å². The molecule has 0 bridgehead atoms. The van der Waals surface area contributed by atoms with Crippen molar-refractivity contribution in [2.75, 3.05) is 69.7 Å². The molecule has 2 saturated heterocycles. The second kappa shape index (κ2) is 10.4. The summed E-state index contributed by atoms with van der Waals surface area (Å²) >= 11 is 6.83. The minimum atomic E-state index is -0.00525. The SMILES string of the molecule is C=CC(=O)N1CCN(c2nc(N3CC(CN(C)C)C3)nc3c2C[C@@H](C)C(c2c(Cl)ccc4[nH]ncc24)C3)CC1. The summed E-state index contributed by atoms with van der Waals surface area (Å²) in [4.78, 5) is 31.4. The molecule has 39 heavy (non-hydrogen) atoms. The molecule has 2 aromatic heterocycles. The fourth-order valence-corrected chi connectivity index (χ4v) is 6.87. The van der Waals surface area contributed by atoms with Crippen molar-refractivity contribution in [3.8, 4) is 0 Å². The van der Waals surface area contributed by atoms with Crippen molar-refractivity contribution in [3.05, 3.63) is 52.8 Å². The standard InChI is InChI=1S/C29H37ClN8O/c1-5-26(39)36-8-10-37(11-9-36)28-21-12-18(2)20(27-22-14-31-34-24(22)7-6-23(27)30)13-25(21)32-29(33-28)38-16-19(17-38)15-35(3)4/h5-7,14,18-20H,1,8-13,15-17H2,2-4H3,(H,31,34)/t18-,20?/m1/s1. The van der Waals surface area contributed by atoms with Gasteiger partial charge in [0.15, 0.2) is 0 Å². The lowest BCUT2D eigenvalue weighted by molar-refractivity contribution is -0.126. The number of amides is 1. The van der Waals surface area contributed by atoms with Gasteiger partial charge in [0.05, 0.1) is 17.4 Å². The maximum atomic E-state index is 12.2. The van der Waals surface area contributed by atoms with Crippen LogP contribution in [-0.4, -0.2) is 95.8 Å². The fraction of sp³-hybridized carbons (Fsp3) is 0.517. The van der Waals surface area contributed by atoms with E-state index in [4.69, 9.17) is 21.6 Å². The van der Waals surface area contributed by atoms with Gasteiger partial charge in [-0.15, -0.1) is 0 Å². The summed E-state index contributed by atoms with van der Waals surface area (Å²) in [6.45, 7) is 11.8. The van der Waals surface area contributed by atoms with Gasteiger partial charge in [-0.25, -0.2) is 4.98 Å². The van der Waals surface area contributed by atoms with Crippen LogP contribution in [0.25, 0.3) is 10.9 Å². The maximum absolute atomic E-state index is 12.2. The number of aromatic nitrogens is 4. The van der Waals surface area contributed by atoms with E-state index in [0.29, 0.717) is 24.9 Å². The number of nitrogens with zero attached hydrogens (tertiary/aromatic N) is 7. The summed E-state index contributed by atoms with van der Waals surface area (Å²) in [7, 11) is 4.25. The van der Waals surface area contributed by atoms with Crippen LogP contribution in [0.2, 0.25) is 5.02 Å². The number of carbonyl (C=O) groups is 1. The third-order valence-corrected chi connectivity index (χ3v) is 8.93. The molecule has 3 aromatic rings. The van der Waals surface area contributed by atoms with Crippen molar-refractivity contribution in [1.82, 2.24) is 30.0 Å². The molecule has 4 heterocycles. The number of halogens is 1. The zero-order valence-electron chi connectivity index (χ0n) is 23.0. The summed E-state index contributed by atoms with van der Waals surface area (Å²) in [6, 6.07) is 3.98. The monoisotopic (exact) mass is 548 g/mol. The number of fused-ring (bicyclic) bond motifs is 2. The number of H-pyrrole nitrogens is 1. The van der Waals surface area contributed by atoms with Gasteiger partial charge in [0.25, 0.3) is 0 Å². The number of hydrogen-bond acceptors (Lipinski definition) is 7. The lowest BCUT2D eigenvalue weighted by Gasteiger charge is -2.42. The Balaban J connectivity index is 1.34. The molecule has 10 heteroatoms. The van der Waals surface area contributed by atoms with Crippen molar-refractivity contribution in [2.24, 2.45) is 11.8 Å². The average molecular weight is 549 g/mol. The van der Waals surface area contributed by atoms with Gasteiger partial charge in [0, 0.05) is 67.7 Å². The first-order valence-electron chi connectivity index (χ1n) is 13.9. The van der Waals surface area contributed by atoms with Crippen LogP contribution in [0.4, 0.5) is 11.8 Å². The number of rotatable bonds is 6. The lowest BCUT2D eigenvalue weighted by atomic mass is 9.74. The summed E-state index contributed by atoms with van der Waals surface area (Å²) in [5, 5.41) is 9.27. The average Bonchev–Trinajstić information content (AvgIpc) is 3.38. The Kier molecular flexibility index (Phi) is 6.97. The third kappa shape index (κ3) is 4.87. The Morgan fingerprint density at radius 2 is 1.92 bits per heavy atom. The first-order chi connectivity index (χ1) is 18.8. The minimum absolute atomic E-state index is 0.00525. The molecule has 1 N–H and O–H groups in total. The van der Waals surface area contributed by atoms with Crippen molar-refractivity contribution in [2.45, 2.75) is 25.7 Å². The molecular formula is C29H37ClN8O. The van der Waals surface area contributed by atoms with Crippen LogP contribution in [0.1, 0.15) is 29.7 Å². The topological polar surface area (TPSA) is 84.5 Å². The van der Waals surface area contributed by atoms with Crippen molar-refractivity contribution in [1.29, 1.82) is 0 Å². The Morgan fingerprint density at radius 1 is 1.15 bits per heavy atom. The molecule has 1 unspecified atom stereocenters. The Bertz CT molecular complexity index is 1390. The minimum Gasteiger partial charge on any atom is -0.353 e. The Labute approximate surface area is 234 Å². The molecule has 9 nitrogen and oxygen atoms in total. The first-order valence-corrected chi connectivity index (χ1v) is 14.3. The van der Waals surface area contributed by atoms with E-state index in [1.165, 1.54) is 11.6 Å². The van der Waals surface area contributed by atoms with E-state index < -0.39 is 0 Å². The van der Waals surface area contributed by atoms with Gasteiger partial charge in [-0.2, -0.15) is 10.1 Å². The molecule has 1 aliphatic carbocycles. The molecule has 0 spiro atoms. The van der Waals surface area contributed by atoms with E-state index in [-0.39, 0.29) is 11.8 Å². The predicted molar refractivity (Wildman–Crippen MR) is 156 cm³/mol. The van der Waals surface area contributed by atoms with Crippen LogP contribution < -0.4 is 9.80 Å². The van der Waals surface area contributed by atoms with Gasteiger partial charge in [-0.1, -0.05) is 25.1 Å². The summed E-state index contributed by atoms with van der Waals surface area (Å²) in [5.41, 5.74) is 4.53. The molecule has 0 saturated carbocycles. The maximum Gasteiger partial charge on any atom is 0.246 e. The summed E-state index contributed by atoms with van der Waals surface area (Å²) in [6.07, 6.45) is 4.99. The quantitative estimate of drug-likeness (QED) is 0.473. The molecule has 0 radical (unpaired) electrons. The molecule has 1 aromatic carbocycles. The van der Waals surface area contributed by atoms with Crippen LogP contribution in [0, 0.1) is 11.8 Å². The van der Waals surface area contributed by atoms with Gasteiger partial charge in [-0.3, -0.25) is 9.89 Å². The van der Waals surface area contributed by atoms with E-state index in [1.807, 2.05) is 23.2 Å². The molecule has 2 aliphatic heterocycles. The van der Waals surface area contributed by atoms with Gasteiger partial charge < -0.3 is 19.6 Å². The van der Waals surface area contributed by atoms with Crippen LogP contribution in [0.3, 0.4) is 0 Å². The summed E-state index contributed by atoms with van der Waals surface area (Å²) < 4.78 is 0. The third-order valence-electron chi connectivity index (χ3n) is 8.60. The van der Waals surface area contributed by atoms with Crippen molar-refractivity contribution >= 4 is 40.2 Å². The van der Waals surface area contributed by atoms with Crippen LogP contribution in [0.15, 0.2) is 31.0 Å². The zero-order chi connectivity index (χ0) is 27.3. The first kappa shape index (κ1) is 26.1. The number of piperazine rings is 1. The van der Waals surface area contributed by atoms with Crippen LogP contribution >= 0.6 is 11.6 Å². The zero-order valence-corrected chi connectivity index (χ0v) is 23.8. The van der Waals surface area contributed by atoms with Crippen LogP contribution in [0.5, 0.6) is 0 Å². The predicted octanol–water partition coefficient (Wildman–Crippen LogP) is 3.36. The second-order valence-corrected chi connectivity index (χ2v) is 12.0. The van der Waals surface area contributed by atoms with Gasteiger partial charge >= 0.3 is 0 Å². The van der Waals surface area contributed by atoms with Crippen molar-refractivity contribution in [3.63, 3.8) is 0 Å². The normalized spacial score (nSPS) is 21.8. The molecule has 3 aliphatic rings. The number of anilines is 2. The molecule has 2 fully saturated rings. The highest BCUT2D eigenvalue weighted by atomic mass is 35.5. The lowest BCUT2D eigenvalue weighted by Crippen LogP contribution is -2.52. The summed E-state index contributed by atoms with van der Waals surface area (Å²) in [5.74, 6) is 3.08. The van der Waals surface area contributed by atoms with Gasteiger partial charge in [0.2, 0.25) is 11.9 Å². The van der Waals surface area contributed by atoms with E-state index in [1.54, 1.807) is 0 Å². The highest BCUT2D eigenvalue weighted by Gasteiger charge is 2.37. The van der Waals surface area contributed by atoms with Crippen molar-refractivity contribution < 1.29 is 4.79 Å². The van der Waals surface area contributed by atoms with E-state index in [0.717, 1.165) is 84.5 Å². The van der Waals surface area contributed by atoms with E-state index in [9.17, 15) is 4.79 Å². The fourth-order valence-electron chi connectivity index (χ4n) is 6.57. The highest BCUT2D eigenvalue weighted by Crippen LogP contribution is 2.44. The van der Waals surface area contributed by atoms with Gasteiger partial charge in [-0.05, 0) is 62.5 Å². The Morgan fingerprint density at radius 3 is 2.64 bits per heavy atom. The number of benzene rings is 1. The number of nitrogens with one attached hydrogen (secondary N) is 1. The molecule has 206 valence electrons. The van der Waals surface area contributed by atoms with Crippen LogP contribution in [-0.2, 0) is 17.6 Å². The smallest absolute Gasteiger partial charge is 0.246 e. The van der Waals surface area contributed by atoms with E-state index >= 15 is 0 Å².